The third kappa shape index (κ3) is 7.22. The number of aryl methyl sites for hydroxylation is 1. The molecule has 0 unspecified atom stereocenters. The van der Waals surface area contributed by atoms with E-state index in [9.17, 15) is 4.79 Å². The van der Waals surface area contributed by atoms with Crippen molar-refractivity contribution in [3.8, 4) is 5.69 Å². The Hall–Kier alpha value is -3.20. The fourth-order valence-corrected chi connectivity index (χ4v) is 4.89. The lowest BCUT2D eigenvalue weighted by Gasteiger charge is -2.36. The van der Waals surface area contributed by atoms with Gasteiger partial charge in [-0.3, -0.25) is 4.79 Å². The Morgan fingerprint density at radius 1 is 1.00 bits per heavy atom. The number of para-hydroxylation sites is 1. The zero-order valence-corrected chi connectivity index (χ0v) is 23.0. The number of piperazine rings is 1. The van der Waals surface area contributed by atoms with Gasteiger partial charge in [-0.05, 0) is 37.6 Å². The Bertz CT molecular complexity index is 1130. The smallest absolute Gasteiger partial charge is 0.248 e. The van der Waals surface area contributed by atoms with Crippen molar-refractivity contribution < 1.29 is 14.3 Å². The second-order valence-electron chi connectivity index (χ2n) is 9.70. The molecule has 8 nitrogen and oxygen atoms in total. The highest BCUT2D eigenvalue weighted by atomic mass is 16.5. The van der Waals surface area contributed by atoms with Gasteiger partial charge >= 0.3 is 0 Å². The normalized spacial score (nSPS) is 14.1. The maximum Gasteiger partial charge on any atom is 0.248 e. The molecule has 2 heterocycles. The van der Waals surface area contributed by atoms with Gasteiger partial charge in [0.05, 0.1) is 24.5 Å². The summed E-state index contributed by atoms with van der Waals surface area (Å²) in [6, 6.07) is 20.2. The molecule has 0 saturated carbocycles. The summed E-state index contributed by atoms with van der Waals surface area (Å²) in [6.07, 6.45) is 0.761. The molecule has 0 atom stereocenters. The van der Waals surface area contributed by atoms with Crippen LogP contribution in [0.25, 0.3) is 5.69 Å². The van der Waals surface area contributed by atoms with Gasteiger partial charge in [0.2, 0.25) is 5.91 Å². The van der Waals surface area contributed by atoms with Gasteiger partial charge in [-0.25, -0.2) is 4.68 Å². The Morgan fingerprint density at radius 2 is 1.68 bits per heavy atom. The number of carbonyl (C=O) groups excluding carboxylic acids is 1. The molecule has 2 aromatic carbocycles. The van der Waals surface area contributed by atoms with E-state index < -0.39 is 0 Å². The van der Waals surface area contributed by atoms with Crippen molar-refractivity contribution in [2.24, 2.45) is 0 Å². The van der Waals surface area contributed by atoms with Gasteiger partial charge in [-0.15, -0.1) is 0 Å². The molecule has 38 heavy (non-hydrogen) atoms. The summed E-state index contributed by atoms with van der Waals surface area (Å²) in [5.74, 6) is 1.06. The van der Waals surface area contributed by atoms with Gasteiger partial charge in [-0.2, -0.15) is 5.10 Å². The van der Waals surface area contributed by atoms with Crippen LogP contribution >= 0.6 is 0 Å². The summed E-state index contributed by atoms with van der Waals surface area (Å²) >= 11 is 0. The zero-order valence-electron chi connectivity index (χ0n) is 23.0. The van der Waals surface area contributed by atoms with E-state index in [0.717, 1.165) is 67.5 Å². The standard InChI is InChI=1S/C30H41N5O3/c1-4-32-17-19-33(20-18-32)30-28(25(2)31-35(30)27-14-9-6-10-15-27)22-34(16-11-21-37-3)29(36)24-38-23-26-12-7-5-8-13-26/h5-10,12-15H,4,11,16-24H2,1-3H3. The molecule has 1 aromatic heterocycles. The van der Waals surface area contributed by atoms with Crippen LogP contribution in [-0.4, -0.2) is 85.1 Å². The lowest BCUT2D eigenvalue weighted by Crippen LogP contribution is -2.47. The molecule has 1 amide bonds. The third-order valence-corrected chi connectivity index (χ3v) is 7.09. The van der Waals surface area contributed by atoms with Gasteiger partial charge in [0.25, 0.3) is 0 Å². The molecule has 8 heteroatoms. The van der Waals surface area contributed by atoms with Gasteiger partial charge in [-0.1, -0.05) is 55.5 Å². The van der Waals surface area contributed by atoms with Crippen LogP contribution in [0.2, 0.25) is 0 Å². The largest absolute Gasteiger partial charge is 0.385 e. The van der Waals surface area contributed by atoms with Crippen LogP contribution in [0.3, 0.4) is 0 Å². The quantitative estimate of drug-likeness (QED) is 0.319. The number of aromatic nitrogens is 2. The predicted octanol–water partition coefficient (Wildman–Crippen LogP) is 3.90. The summed E-state index contributed by atoms with van der Waals surface area (Å²) in [5.41, 5.74) is 4.11. The topological polar surface area (TPSA) is 63.1 Å². The molecule has 1 aliphatic heterocycles. The van der Waals surface area contributed by atoms with Crippen molar-refractivity contribution in [3.05, 3.63) is 77.5 Å². The Kier molecular flexibility index (Phi) is 10.3. The van der Waals surface area contributed by atoms with E-state index in [-0.39, 0.29) is 12.5 Å². The fourth-order valence-electron chi connectivity index (χ4n) is 4.89. The number of hydrogen-bond donors (Lipinski definition) is 0. The molecule has 0 spiro atoms. The number of anilines is 1. The minimum Gasteiger partial charge on any atom is -0.385 e. The second-order valence-corrected chi connectivity index (χ2v) is 9.70. The number of hydrogen-bond acceptors (Lipinski definition) is 6. The maximum atomic E-state index is 13.4. The monoisotopic (exact) mass is 519 g/mol. The van der Waals surface area contributed by atoms with E-state index >= 15 is 0 Å². The molecule has 3 aromatic rings. The molecule has 204 valence electrons. The first-order chi connectivity index (χ1) is 18.6. The first-order valence-corrected chi connectivity index (χ1v) is 13.6. The Labute approximate surface area is 226 Å². The predicted molar refractivity (Wildman–Crippen MR) is 151 cm³/mol. The molecular weight excluding hydrogens is 478 g/mol. The molecule has 0 bridgehead atoms. The van der Waals surface area contributed by atoms with Gasteiger partial charge in [0.1, 0.15) is 12.4 Å². The van der Waals surface area contributed by atoms with Crippen LogP contribution < -0.4 is 4.90 Å². The van der Waals surface area contributed by atoms with Crippen molar-refractivity contribution in [3.63, 3.8) is 0 Å². The second kappa shape index (κ2) is 14.1. The van der Waals surface area contributed by atoms with E-state index in [4.69, 9.17) is 14.6 Å². The Balaban J connectivity index is 1.57. The van der Waals surface area contributed by atoms with Gasteiger partial charge in [0, 0.05) is 52.0 Å². The summed E-state index contributed by atoms with van der Waals surface area (Å²) < 4.78 is 13.2. The highest BCUT2D eigenvalue weighted by Crippen LogP contribution is 2.30. The molecular formula is C30H41N5O3. The van der Waals surface area contributed by atoms with Crippen LogP contribution in [-0.2, 0) is 27.4 Å². The number of likely N-dealkylation sites (N-methyl/N-ethyl adjacent to an activating group) is 1. The summed E-state index contributed by atoms with van der Waals surface area (Å²) in [4.78, 5) is 20.2. The van der Waals surface area contributed by atoms with Crippen molar-refractivity contribution in [2.45, 2.75) is 33.4 Å². The van der Waals surface area contributed by atoms with Crippen LogP contribution in [0.5, 0.6) is 0 Å². The van der Waals surface area contributed by atoms with E-state index in [1.54, 1.807) is 7.11 Å². The lowest BCUT2D eigenvalue weighted by atomic mass is 10.1. The lowest BCUT2D eigenvalue weighted by molar-refractivity contribution is -0.137. The van der Waals surface area contributed by atoms with E-state index in [0.29, 0.717) is 26.3 Å². The first kappa shape index (κ1) is 27.8. The number of rotatable bonds is 13. The number of carbonyl (C=O) groups is 1. The fraction of sp³-hybridized carbons (Fsp3) is 0.467. The van der Waals surface area contributed by atoms with Crippen molar-refractivity contribution in [1.82, 2.24) is 19.6 Å². The highest BCUT2D eigenvalue weighted by molar-refractivity contribution is 5.77. The Morgan fingerprint density at radius 3 is 2.34 bits per heavy atom. The minimum absolute atomic E-state index is 0.0225. The average molecular weight is 520 g/mol. The number of amides is 1. The third-order valence-electron chi connectivity index (χ3n) is 7.09. The van der Waals surface area contributed by atoms with E-state index in [1.165, 1.54) is 0 Å². The van der Waals surface area contributed by atoms with E-state index in [2.05, 4.69) is 33.5 Å². The SMILES string of the molecule is CCN1CCN(c2c(CN(CCCOC)C(=O)COCc3ccccc3)c(C)nn2-c2ccccc2)CC1. The van der Waals surface area contributed by atoms with E-state index in [1.807, 2.05) is 60.4 Å². The number of ether oxygens (including phenoxy) is 2. The number of nitrogens with zero attached hydrogens (tertiary/aromatic N) is 5. The molecule has 0 radical (unpaired) electrons. The summed E-state index contributed by atoms with van der Waals surface area (Å²) in [7, 11) is 1.69. The number of methoxy groups -OCH3 is 1. The van der Waals surface area contributed by atoms with Crippen molar-refractivity contribution >= 4 is 11.7 Å². The molecule has 4 rings (SSSR count). The van der Waals surface area contributed by atoms with Crippen LogP contribution in [0, 0.1) is 6.92 Å². The highest BCUT2D eigenvalue weighted by Gasteiger charge is 2.27. The first-order valence-electron chi connectivity index (χ1n) is 13.6. The molecule has 1 aliphatic rings. The van der Waals surface area contributed by atoms with Crippen LogP contribution in [0.1, 0.15) is 30.2 Å². The maximum absolute atomic E-state index is 13.4. The van der Waals surface area contributed by atoms with Crippen molar-refractivity contribution in [2.75, 3.05) is 64.5 Å². The summed E-state index contributed by atoms with van der Waals surface area (Å²) in [6.45, 7) is 11.3. The van der Waals surface area contributed by atoms with Crippen LogP contribution in [0.4, 0.5) is 5.82 Å². The number of benzene rings is 2. The molecule has 0 N–H and O–H groups in total. The van der Waals surface area contributed by atoms with Crippen molar-refractivity contribution in [1.29, 1.82) is 0 Å². The van der Waals surface area contributed by atoms with Gasteiger partial charge in [0.15, 0.2) is 0 Å². The minimum atomic E-state index is -0.0225. The van der Waals surface area contributed by atoms with Crippen LogP contribution in [0.15, 0.2) is 60.7 Å². The summed E-state index contributed by atoms with van der Waals surface area (Å²) in [5, 5.41) is 4.97. The molecule has 1 saturated heterocycles. The average Bonchev–Trinajstić information content (AvgIpc) is 3.29. The zero-order chi connectivity index (χ0) is 26.7. The van der Waals surface area contributed by atoms with Gasteiger partial charge < -0.3 is 24.2 Å². The molecule has 0 aliphatic carbocycles. The molecule has 1 fully saturated rings.